The summed E-state index contributed by atoms with van der Waals surface area (Å²) in [6.45, 7) is 1.98. The molecule has 0 amide bonds. The van der Waals surface area contributed by atoms with Crippen LogP contribution in [0.1, 0.15) is 10.6 Å². The number of carboxylic acids is 1. The fourth-order valence-corrected chi connectivity index (χ4v) is 2.47. The van der Waals surface area contributed by atoms with Crippen LogP contribution in [-0.4, -0.2) is 27.6 Å². The molecule has 0 aliphatic carbocycles. The van der Waals surface area contributed by atoms with E-state index in [0.29, 0.717) is 0 Å². The van der Waals surface area contributed by atoms with E-state index in [9.17, 15) is 4.79 Å². The van der Waals surface area contributed by atoms with Gasteiger partial charge >= 0.3 is 5.97 Å². The molecule has 72 valence electrons. The summed E-state index contributed by atoms with van der Waals surface area (Å²) in [5, 5.41) is 8.39. The highest BCUT2D eigenvalue weighted by molar-refractivity contribution is 7.99. The van der Waals surface area contributed by atoms with Gasteiger partial charge < -0.3 is 5.11 Å². The molecular formula is C8H11NO2S2. The van der Waals surface area contributed by atoms with Gasteiger partial charge in [0, 0.05) is 4.88 Å². The number of hydrogen-bond acceptors (Lipinski definition) is 4. The molecule has 0 saturated heterocycles. The number of hydrogen-bond donors (Lipinski definition) is 1. The van der Waals surface area contributed by atoms with Crippen LogP contribution in [0.5, 0.6) is 0 Å². The van der Waals surface area contributed by atoms with Crippen molar-refractivity contribution in [1.29, 1.82) is 0 Å². The molecule has 0 saturated carbocycles. The number of nitrogens with zero attached hydrogens (tertiary/aromatic N) is 1. The molecule has 0 aliphatic rings. The fraction of sp³-hybridized carbons (Fsp3) is 0.500. The van der Waals surface area contributed by atoms with Crippen molar-refractivity contribution in [3.8, 4) is 0 Å². The first-order valence-electron chi connectivity index (χ1n) is 3.88. The van der Waals surface area contributed by atoms with Crippen molar-refractivity contribution in [3.63, 3.8) is 0 Å². The molecule has 0 atom stereocenters. The molecule has 0 aliphatic heterocycles. The highest BCUT2D eigenvalue weighted by Crippen LogP contribution is 2.15. The van der Waals surface area contributed by atoms with Crippen molar-refractivity contribution in [2.45, 2.75) is 13.3 Å². The minimum Gasteiger partial charge on any atom is -0.481 e. The third-order valence-electron chi connectivity index (χ3n) is 1.54. The number of rotatable bonds is 5. The number of thioether (sulfide) groups is 1. The van der Waals surface area contributed by atoms with E-state index in [2.05, 4.69) is 4.98 Å². The second kappa shape index (κ2) is 5.24. The monoisotopic (exact) mass is 217 g/mol. The van der Waals surface area contributed by atoms with Crippen molar-refractivity contribution in [1.82, 2.24) is 4.98 Å². The molecule has 5 heteroatoms. The van der Waals surface area contributed by atoms with Gasteiger partial charge in [-0.2, -0.15) is 0 Å². The SMILES string of the molecule is Cc1ncsc1CCSCC(=O)O. The molecule has 0 bridgehead atoms. The lowest BCUT2D eigenvalue weighted by molar-refractivity contribution is -0.133. The van der Waals surface area contributed by atoms with Crippen LogP contribution in [0.4, 0.5) is 0 Å². The Balaban J connectivity index is 2.20. The summed E-state index contributed by atoms with van der Waals surface area (Å²) in [6, 6.07) is 0. The minimum absolute atomic E-state index is 0.192. The van der Waals surface area contributed by atoms with Gasteiger partial charge in [-0.05, 0) is 19.1 Å². The van der Waals surface area contributed by atoms with Gasteiger partial charge in [0.1, 0.15) is 0 Å². The van der Waals surface area contributed by atoms with E-state index in [4.69, 9.17) is 5.11 Å². The quantitative estimate of drug-likeness (QED) is 0.764. The molecule has 0 radical (unpaired) electrons. The maximum atomic E-state index is 10.2. The molecule has 3 nitrogen and oxygen atoms in total. The third-order valence-corrected chi connectivity index (χ3v) is 3.48. The van der Waals surface area contributed by atoms with E-state index >= 15 is 0 Å². The zero-order chi connectivity index (χ0) is 9.68. The smallest absolute Gasteiger partial charge is 0.313 e. The second-order valence-electron chi connectivity index (χ2n) is 2.56. The second-order valence-corrected chi connectivity index (χ2v) is 4.60. The van der Waals surface area contributed by atoms with Crippen molar-refractivity contribution in [2.24, 2.45) is 0 Å². The maximum absolute atomic E-state index is 10.2. The Hall–Kier alpha value is -0.550. The fourth-order valence-electron chi connectivity index (χ4n) is 0.890. The minimum atomic E-state index is -0.744. The summed E-state index contributed by atoms with van der Waals surface area (Å²) in [5.41, 5.74) is 2.90. The van der Waals surface area contributed by atoms with Crippen LogP contribution in [0, 0.1) is 6.92 Å². The van der Waals surface area contributed by atoms with E-state index in [1.54, 1.807) is 11.3 Å². The zero-order valence-electron chi connectivity index (χ0n) is 7.32. The summed E-state index contributed by atoms with van der Waals surface area (Å²) >= 11 is 3.08. The Morgan fingerprint density at radius 3 is 3.08 bits per heavy atom. The highest BCUT2D eigenvalue weighted by Gasteiger charge is 2.02. The molecule has 1 aromatic heterocycles. The van der Waals surface area contributed by atoms with Gasteiger partial charge in [-0.15, -0.1) is 23.1 Å². The van der Waals surface area contributed by atoms with Crippen molar-refractivity contribution < 1.29 is 9.90 Å². The Labute approximate surface area is 85.2 Å². The average Bonchev–Trinajstić information content (AvgIpc) is 2.45. The number of aryl methyl sites for hydroxylation is 2. The molecular weight excluding hydrogens is 206 g/mol. The van der Waals surface area contributed by atoms with E-state index in [0.717, 1.165) is 17.9 Å². The van der Waals surface area contributed by atoms with Gasteiger partial charge in [-0.3, -0.25) is 4.79 Å². The predicted octanol–water partition coefficient (Wildman–Crippen LogP) is 1.81. The van der Waals surface area contributed by atoms with Crippen molar-refractivity contribution in [2.75, 3.05) is 11.5 Å². The van der Waals surface area contributed by atoms with Crippen LogP contribution in [0.15, 0.2) is 5.51 Å². The summed E-state index contributed by atoms with van der Waals surface area (Å²) in [7, 11) is 0. The topological polar surface area (TPSA) is 50.2 Å². The number of aromatic nitrogens is 1. The Bertz CT molecular complexity index is 285. The summed E-state index contributed by atoms with van der Waals surface area (Å²) in [4.78, 5) is 15.6. The molecule has 13 heavy (non-hydrogen) atoms. The van der Waals surface area contributed by atoms with Crippen LogP contribution in [0.25, 0.3) is 0 Å². The maximum Gasteiger partial charge on any atom is 0.313 e. The lowest BCUT2D eigenvalue weighted by Crippen LogP contribution is -1.99. The lowest BCUT2D eigenvalue weighted by Gasteiger charge is -1.97. The van der Waals surface area contributed by atoms with Gasteiger partial charge in [0.05, 0.1) is 17.0 Å². The molecule has 1 N–H and O–H groups in total. The Morgan fingerprint density at radius 2 is 2.54 bits per heavy atom. The first-order valence-corrected chi connectivity index (χ1v) is 5.92. The first kappa shape index (κ1) is 10.5. The van der Waals surface area contributed by atoms with Crippen LogP contribution >= 0.6 is 23.1 Å². The molecule has 0 unspecified atom stereocenters. The van der Waals surface area contributed by atoms with Gasteiger partial charge in [-0.25, -0.2) is 4.98 Å². The van der Waals surface area contributed by atoms with Crippen molar-refractivity contribution >= 4 is 29.1 Å². The first-order chi connectivity index (χ1) is 6.20. The number of aliphatic carboxylic acids is 1. The third kappa shape index (κ3) is 3.78. The molecule has 1 rings (SSSR count). The van der Waals surface area contributed by atoms with E-state index in [1.165, 1.54) is 16.6 Å². The predicted molar refractivity (Wildman–Crippen MR) is 55.5 cm³/mol. The summed E-state index contributed by atoms with van der Waals surface area (Å²) < 4.78 is 0. The van der Waals surface area contributed by atoms with Gasteiger partial charge in [0.15, 0.2) is 0 Å². The van der Waals surface area contributed by atoms with Crippen LogP contribution in [0.3, 0.4) is 0 Å². The van der Waals surface area contributed by atoms with Crippen molar-refractivity contribution in [3.05, 3.63) is 16.1 Å². The molecule has 1 aromatic rings. The molecule has 0 spiro atoms. The molecule has 0 fully saturated rings. The highest BCUT2D eigenvalue weighted by atomic mass is 32.2. The van der Waals surface area contributed by atoms with E-state index in [-0.39, 0.29) is 5.75 Å². The van der Waals surface area contributed by atoms with Crippen LogP contribution in [-0.2, 0) is 11.2 Å². The number of carbonyl (C=O) groups is 1. The van der Waals surface area contributed by atoms with E-state index in [1.807, 2.05) is 12.4 Å². The zero-order valence-corrected chi connectivity index (χ0v) is 8.95. The number of thiazole rings is 1. The summed E-state index contributed by atoms with van der Waals surface area (Å²) in [5.74, 6) is 0.304. The number of carboxylic acid groups (broad SMARTS) is 1. The normalized spacial score (nSPS) is 10.2. The van der Waals surface area contributed by atoms with Gasteiger partial charge in [0.25, 0.3) is 0 Å². The summed E-state index contributed by atoms with van der Waals surface area (Å²) in [6.07, 6.45) is 0.925. The van der Waals surface area contributed by atoms with E-state index < -0.39 is 5.97 Å². The standard InChI is InChI=1S/C8H11NO2S2/c1-6-7(13-5-9-6)2-3-12-4-8(10)11/h5H,2-4H2,1H3,(H,10,11). The Kier molecular flexibility index (Phi) is 4.24. The van der Waals surface area contributed by atoms with Crippen LogP contribution in [0.2, 0.25) is 0 Å². The molecule has 1 heterocycles. The Morgan fingerprint density at radius 1 is 1.77 bits per heavy atom. The van der Waals surface area contributed by atoms with Gasteiger partial charge in [-0.1, -0.05) is 0 Å². The van der Waals surface area contributed by atoms with Gasteiger partial charge in [0.2, 0.25) is 0 Å². The van der Waals surface area contributed by atoms with Crippen LogP contribution < -0.4 is 0 Å². The lowest BCUT2D eigenvalue weighted by atomic mass is 10.3. The average molecular weight is 217 g/mol. The molecule has 0 aromatic carbocycles. The largest absolute Gasteiger partial charge is 0.481 e.